The molecule has 0 saturated carbocycles. The zero-order chi connectivity index (χ0) is 33.9. The standard InChI is InChI=1S/C48H27N3S/c1-2-10-31-27-32(20-19-28(31)9-1)47-48(50-37-16-6-5-15-36(37)49-47)35-23-26-38(34-14-4-3-13-33(34)35)51-39-24-21-29-11-7-17-41-43(29)45(39)46-40(51)25-22-30-12-8-18-42(52-41)44(30)46/h1-27H. The highest BCUT2D eigenvalue weighted by Gasteiger charge is 2.23. The van der Waals surface area contributed by atoms with E-state index < -0.39 is 0 Å². The number of aromatic nitrogens is 3. The molecular formula is C48H27N3S. The SMILES string of the molecule is c1ccc2cc(-c3nc4ccccc4nc3-c3ccc(-n4c5ccc6cccc7sc8cccc9ccc4c(c98)c5c67)c4ccccc34)ccc2c1. The number of rotatable bonds is 3. The first kappa shape index (κ1) is 28.1. The lowest BCUT2D eigenvalue weighted by Gasteiger charge is -2.17. The summed E-state index contributed by atoms with van der Waals surface area (Å²) in [7, 11) is 0. The smallest absolute Gasteiger partial charge is 0.0979 e. The minimum Gasteiger partial charge on any atom is -0.309 e. The maximum atomic E-state index is 5.36. The highest BCUT2D eigenvalue weighted by atomic mass is 32.1. The highest BCUT2D eigenvalue weighted by Crippen LogP contribution is 2.47. The van der Waals surface area contributed by atoms with E-state index in [-0.39, 0.29) is 0 Å². The van der Waals surface area contributed by atoms with Gasteiger partial charge in [-0.3, -0.25) is 0 Å². The average molecular weight is 678 g/mol. The van der Waals surface area contributed by atoms with E-state index in [1.54, 1.807) is 0 Å². The maximum absolute atomic E-state index is 5.36. The molecule has 0 aliphatic rings. The first-order valence-electron chi connectivity index (χ1n) is 17.7. The molecule has 0 amide bonds. The molecule has 4 heteroatoms. The number of fused-ring (bicyclic) bond motifs is 3. The van der Waals surface area contributed by atoms with Gasteiger partial charge in [0.15, 0.2) is 0 Å². The molecule has 0 aliphatic heterocycles. The van der Waals surface area contributed by atoms with Gasteiger partial charge in [-0.15, -0.1) is 11.3 Å². The summed E-state index contributed by atoms with van der Waals surface area (Å²) >= 11 is 1.89. The number of benzene rings is 9. The molecule has 3 aromatic heterocycles. The van der Waals surface area contributed by atoms with Gasteiger partial charge in [-0.25, -0.2) is 9.97 Å². The van der Waals surface area contributed by atoms with Crippen molar-refractivity contribution < 1.29 is 0 Å². The summed E-state index contributed by atoms with van der Waals surface area (Å²) in [6.07, 6.45) is 0. The van der Waals surface area contributed by atoms with Crippen molar-refractivity contribution in [2.24, 2.45) is 0 Å². The molecule has 3 heterocycles. The molecule has 3 nitrogen and oxygen atoms in total. The third-order valence-electron chi connectivity index (χ3n) is 10.9. The van der Waals surface area contributed by atoms with Crippen LogP contribution in [0.15, 0.2) is 164 Å². The monoisotopic (exact) mass is 677 g/mol. The van der Waals surface area contributed by atoms with Gasteiger partial charge < -0.3 is 4.57 Å². The highest BCUT2D eigenvalue weighted by molar-refractivity contribution is 7.24. The van der Waals surface area contributed by atoms with E-state index in [4.69, 9.17) is 9.97 Å². The Kier molecular flexibility index (Phi) is 5.65. The van der Waals surface area contributed by atoms with Gasteiger partial charge >= 0.3 is 0 Å². The minimum absolute atomic E-state index is 0.885. The van der Waals surface area contributed by atoms with Crippen molar-refractivity contribution in [3.63, 3.8) is 0 Å². The summed E-state index contributed by atoms with van der Waals surface area (Å²) in [5, 5.41) is 12.6. The lowest BCUT2D eigenvalue weighted by molar-refractivity contribution is 1.20. The molecule has 0 radical (unpaired) electrons. The van der Waals surface area contributed by atoms with Gasteiger partial charge in [0, 0.05) is 47.5 Å². The van der Waals surface area contributed by atoms with Crippen LogP contribution < -0.4 is 0 Å². The van der Waals surface area contributed by atoms with E-state index in [1.165, 1.54) is 68.9 Å². The van der Waals surface area contributed by atoms with E-state index in [9.17, 15) is 0 Å². The van der Waals surface area contributed by atoms with Crippen molar-refractivity contribution in [1.82, 2.24) is 14.5 Å². The Labute approximate surface area is 302 Å². The Morgan fingerprint density at radius 1 is 0.404 bits per heavy atom. The largest absolute Gasteiger partial charge is 0.309 e. The molecule has 0 saturated heterocycles. The fourth-order valence-electron chi connectivity index (χ4n) is 8.64. The second-order valence-electron chi connectivity index (χ2n) is 13.7. The quantitative estimate of drug-likeness (QED) is 0.186. The third-order valence-corrected chi connectivity index (χ3v) is 12.0. The Morgan fingerprint density at radius 2 is 0.981 bits per heavy atom. The van der Waals surface area contributed by atoms with Gasteiger partial charge in [0.25, 0.3) is 0 Å². The van der Waals surface area contributed by atoms with Crippen LogP contribution >= 0.6 is 11.3 Å². The van der Waals surface area contributed by atoms with E-state index >= 15 is 0 Å². The van der Waals surface area contributed by atoms with Gasteiger partial charge in [0.05, 0.1) is 39.1 Å². The van der Waals surface area contributed by atoms with E-state index in [0.717, 1.165) is 44.6 Å². The van der Waals surface area contributed by atoms with Crippen molar-refractivity contribution in [2.75, 3.05) is 0 Å². The summed E-state index contributed by atoms with van der Waals surface area (Å²) in [5.74, 6) is 0. The van der Waals surface area contributed by atoms with Crippen LogP contribution in [0.5, 0.6) is 0 Å². The first-order valence-corrected chi connectivity index (χ1v) is 18.5. The Morgan fingerprint density at radius 3 is 1.69 bits per heavy atom. The summed E-state index contributed by atoms with van der Waals surface area (Å²) < 4.78 is 5.11. The van der Waals surface area contributed by atoms with Crippen LogP contribution in [0.2, 0.25) is 0 Å². The predicted octanol–water partition coefficient (Wildman–Crippen LogP) is 13.3. The summed E-state index contributed by atoms with van der Waals surface area (Å²) in [6, 6.07) is 59.3. The van der Waals surface area contributed by atoms with Crippen molar-refractivity contribution >= 4 is 96.7 Å². The van der Waals surface area contributed by atoms with Crippen LogP contribution in [-0.4, -0.2) is 14.5 Å². The number of hydrogen-bond acceptors (Lipinski definition) is 3. The molecule has 0 N–H and O–H groups in total. The Bertz CT molecular complexity index is 3320. The van der Waals surface area contributed by atoms with Crippen LogP contribution in [0, 0.1) is 0 Å². The molecule has 9 aromatic carbocycles. The number of para-hydroxylation sites is 2. The summed E-state index contributed by atoms with van der Waals surface area (Å²) in [4.78, 5) is 10.6. The van der Waals surface area contributed by atoms with E-state index in [2.05, 4.69) is 156 Å². The second-order valence-corrected chi connectivity index (χ2v) is 14.8. The molecule has 0 bridgehead atoms. The molecule has 0 aliphatic carbocycles. The number of nitrogens with zero attached hydrogens (tertiary/aromatic N) is 3. The number of hydrogen-bond donors (Lipinski definition) is 0. The second kappa shape index (κ2) is 10.5. The average Bonchev–Trinajstić information content (AvgIpc) is 3.46. The van der Waals surface area contributed by atoms with Gasteiger partial charge in [0.1, 0.15) is 0 Å². The van der Waals surface area contributed by atoms with Gasteiger partial charge in [-0.2, -0.15) is 0 Å². The van der Waals surface area contributed by atoms with Crippen LogP contribution in [0.4, 0.5) is 0 Å². The van der Waals surface area contributed by atoms with Crippen LogP contribution in [0.25, 0.3) is 114 Å². The van der Waals surface area contributed by atoms with E-state index in [1.807, 2.05) is 23.5 Å². The van der Waals surface area contributed by atoms with Crippen LogP contribution in [0.3, 0.4) is 0 Å². The fourth-order valence-corrected chi connectivity index (χ4v) is 9.81. The molecule has 12 aromatic rings. The summed E-state index contributed by atoms with van der Waals surface area (Å²) in [6.45, 7) is 0. The summed E-state index contributed by atoms with van der Waals surface area (Å²) in [5.41, 5.74) is 9.27. The Hall–Kier alpha value is -6.62. The first-order chi connectivity index (χ1) is 25.8. The van der Waals surface area contributed by atoms with Crippen molar-refractivity contribution in [1.29, 1.82) is 0 Å². The van der Waals surface area contributed by atoms with Gasteiger partial charge in [0.2, 0.25) is 0 Å². The van der Waals surface area contributed by atoms with E-state index in [0.29, 0.717) is 0 Å². The minimum atomic E-state index is 0.885. The Balaban J connectivity index is 1.18. The van der Waals surface area contributed by atoms with Crippen LogP contribution in [0.1, 0.15) is 0 Å². The molecular weight excluding hydrogens is 651 g/mol. The molecule has 0 spiro atoms. The lowest BCUT2D eigenvalue weighted by atomic mass is 9.96. The molecule has 0 atom stereocenters. The molecule has 240 valence electrons. The zero-order valence-electron chi connectivity index (χ0n) is 27.8. The van der Waals surface area contributed by atoms with Crippen molar-refractivity contribution in [3.8, 4) is 28.2 Å². The normalized spacial score (nSPS) is 12.2. The van der Waals surface area contributed by atoms with Crippen molar-refractivity contribution in [3.05, 3.63) is 164 Å². The van der Waals surface area contributed by atoms with Gasteiger partial charge in [-0.1, -0.05) is 109 Å². The van der Waals surface area contributed by atoms with Crippen LogP contribution in [-0.2, 0) is 0 Å². The third kappa shape index (κ3) is 3.84. The fraction of sp³-hybridized carbons (Fsp3) is 0. The molecule has 52 heavy (non-hydrogen) atoms. The van der Waals surface area contributed by atoms with Gasteiger partial charge in [-0.05, 0) is 81.5 Å². The molecule has 0 unspecified atom stereocenters. The van der Waals surface area contributed by atoms with Crippen molar-refractivity contribution in [2.45, 2.75) is 0 Å². The zero-order valence-corrected chi connectivity index (χ0v) is 28.7. The molecule has 12 rings (SSSR count). The topological polar surface area (TPSA) is 30.7 Å². The molecule has 0 fully saturated rings. The predicted molar refractivity (Wildman–Crippen MR) is 221 cm³/mol. The maximum Gasteiger partial charge on any atom is 0.0979 e. The lowest BCUT2D eigenvalue weighted by Crippen LogP contribution is -1.99.